The number of benzene rings is 2. The summed E-state index contributed by atoms with van der Waals surface area (Å²) >= 11 is 0. The van der Waals surface area contributed by atoms with Gasteiger partial charge in [-0.25, -0.2) is 0 Å². The van der Waals surface area contributed by atoms with Crippen LogP contribution in [-0.2, 0) is 4.74 Å². The predicted octanol–water partition coefficient (Wildman–Crippen LogP) is 6.45. The summed E-state index contributed by atoms with van der Waals surface area (Å²) in [5.74, 6) is 0. The first-order valence-electron chi connectivity index (χ1n) is 7.37. The van der Waals surface area contributed by atoms with E-state index in [-0.39, 0.29) is 0 Å². The molecule has 0 aliphatic heterocycles. The lowest BCUT2D eigenvalue weighted by Gasteiger charge is -1.92. The van der Waals surface area contributed by atoms with Crippen molar-refractivity contribution >= 4 is 10.8 Å². The third-order valence-electron chi connectivity index (χ3n) is 2.33. The molecule has 2 aromatic rings. The second kappa shape index (κ2) is 17.2. The zero-order chi connectivity index (χ0) is 15.6. The van der Waals surface area contributed by atoms with Crippen LogP contribution in [0.25, 0.3) is 10.8 Å². The second-order valence-electron chi connectivity index (χ2n) is 3.75. The number of ether oxygens (including phenoxy) is 1. The Morgan fingerprint density at radius 2 is 1.10 bits per heavy atom. The molecular weight excluding hydrogens is 244 g/mol. The van der Waals surface area contributed by atoms with E-state index in [1.165, 1.54) is 29.9 Å². The highest BCUT2D eigenvalue weighted by Gasteiger charge is 1.85. The van der Waals surface area contributed by atoms with Crippen molar-refractivity contribution in [1.82, 2.24) is 0 Å². The topological polar surface area (TPSA) is 9.23 Å². The van der Waals surface area contributed by atoms with Crippen molar-refractivity contribution in [1.29, 1.82) is 0 Å². The number of hydrogen-bond donors (Lipinski definition) is 0. The van der Waals surface area contributed by atoms with Crippen LogP contribution in [-0.4, -0.2) is 7.11 Å². The Labute approximate surface area is 125 Å². The fourth-order valence-corrected chi connectivity index (χ4v) is 1.13. The Kier molecular flexibility index (Phi) is 17.7. The van der Waals surface area contributed by atoms with Crippen molar-refractivity contribution in [2.75, 3.05) is 7.11 Å². The van der Waals surface area contributed by atoms with E-state index in [9.17, 15) is 0 Å². The molecule has 0 amide bonds. The van der Waals surface area contributed by atoms with E-state index >= 15 is 0 Å². The molecule has 20 heavy (non-hydrogen) atoms. The van der Waals surface area contributed by atoms with Gasteiger partial charge in [-0.1, -0.05) is 95.6 Å². The van der Waals surface area contributed by atoms with Gasteiger partial charge in [0.05, 0.1) is 13.4 Å². The first-order valence-corrected chi connectivity index (χ1v) is 7.37. The summed E-state index contributed by atoms with van der Waals surface area (Å²) in [7, 11) is 1.56. The molecule has 0 radical (unpaired) electrons. The van der Waals surface area contributed by atoms with Crippen LogP contribution in [0.5, 0.6) is 0 Å². The molecular formula is C19H30O. The molecule has 0 unspecified atom stereocenters. The van der Waals surface area contributed by atoms with Crippen molar-refractivity contribution in [3.63, 3.8) is 0 Å². The smallest absolute Gasteiger partial charge is 0.0766 e. The van der Waals surface area contributed by atoms with Gasteiger partial charge in [0, 0.05) is 0 Å². The molecule has 2 aromatic carbocycles. The van der Waals surface area contributed by atoms with Crippen molar-refractivity contribution in [3.05, 3.63) is 61.4 Å². The highest BCUT2D eigenvalue weighted by Crippen LogP contribution is 2.11. The van der Waals surface area contributed by atoms with Crippen LogP contribution in [0.3, 0.4) is 0 Å². The van der Waals surface area contributed by atoms with E-state index in [1.54, 1.807) is 7.11 Å². The summed E-state index contributed by atoms with van der Waals surface area (Å²) in [4.78, 5) is 0. The molecule has 0 fully saturated rings. The molecule has 1 heteroatoms. The molecule has 0 atom stereocenters. The van der Waals surface area contributed by atoms with Crippen molar-refractivity contribution < 1.29 is 4.74 Å². The predicted molar refractivity (Wildman–Crippen MR) is 93.1 cm³/mol. The standard InChI is InChI=1S/C10H8.C4H10.C3H6O.C2H6/c1-2-6-10-8-4-3-7-9(10)5-1;2*1-3-4-2;1-2/h1-8H;3-4H2,1-2H3;3H,1H2,2H3;1-2H3. The Hall–Kier alpha value is -1.76. The average Bonchev–Trinajstić information content (AvgIpc) is 2.57. The summed E-state index contributed by atoms with van der Waals surface area (Å²) in [6.45, 7) is 11.6. The molecule has 0 saturated carbocycles. The molecule has 0 saturated heterocycles. The zero-order valence-corrected chi connectivity index (χ0v) is 13.7. The van der Waals surface area contributed by atoms with E-state index in [0.717, 1.165) is 0 Å². The molecule has 0 spiro atoms. The maximum atomic E-state index is 4.31. The van der Waals surface area contributed by atoms with Crippen LogP contribution < -0.4 is 0 Å². The maximum absolute atomic E-state index is 4.31. The van der Waals surface area contributed by atoms with Crippen molar-refractivity contribution in [3.8, 4) is 0 Å². The number of unbranched alkanes of at least 4 members (excludes halogenated alkanes) is 1. The van der Waals surface area contributed by atoms with Gasteiger partial charge in [-0.2, -0.15) is 0 Å². The SMILES string of the molecule is C=COC.CC.CCCC.c1ccc2ccccc2c1. The van der Waals surface area contributed by atoms with Crippen molar-refractivity contribution in [2.45, 2.75) is 40.5 Å². The Morgan fingerprint density at radius 3 is 1.25 bits per heavy atom. The number of hydrogen-bond acceptors (Lipinski definition) is 1. The molecule has 0 heterocycles. The van der Waals surface area contributed by atoms with Gasteiger partial charge in [-0.15, -0.1) is 0 Å². The maximum Gasteiger partial charge on any atom is 0.0766 e. The average molecular weight is 274 g/mol. The molecule has 1 nitrogen and oxygen atoms in total. The van der Waals surface area contributed by atoms with E-state index < -0.39 is 0 Å². The number of fused-ring (bicyclic) bond motifs is 1. The van der Waals surface area contributed by atoms with Crippen molar-refractivity contribution in [2.24, 2.45) is 0 Å². The largest absolute Gasteiger partial charge is 0.505 e. The first kappa shape index (κ1) is 20.6. The lowest BCUT2D eigenvalue weighted by Crippen LogP contribution is -1.67. The van der Waals surface area contributed by atoms with Gasteiger partial charge in [0.2, 0.25) is 0 Å². The minimum absolute atomic E-state index is 1.31. The van der Waals surface area contributed by atoms with Crippen LogP contribution in [0.1, 0.15) is 40.5 Å². The summed E-state index contributed by atoms with van der Waals surface area (Å²) in [5.41, 5.74) is 0. The molecule has 0 aliphatic rings. The summed E-state index contributed by atoms with van der Waals surface area (Å²) in [6.07, 6.45) is 4.01. The fourth-order valence-electron chi connectivity index (χ4n) is 1.13. The number of rotatable bonds is 2. The van der Waals surface area contributed by atoms with E-state index in [0.29, 0.717) is 0 Å². The molecule has 0 N–H and O–H groups in total. The quantitative estimate of drug-likeness (QED) is 0.572. The summed E-state index contributed by atoms with van der Waals surface area (Å²) in [5, 5.41) is 2.62. The Bertz CT molecular complexity index is 353. The van der Waals surface area contributed by atoms with E-state index in [1.807, 2.05) is 13.8 Å². The Morgan fingerprint density at radius 1 is 0.850 bits per heavy atom. The molecule has 0 bridgehead atoms. The first-order chi connectivity index (χ1) is 9.79. The zero-order valence-electron chi connectivity index (χ0n) is 13.7. The third kappa shape index (κ3) is 11.3. The molecule has 112 valence electrons. The third-order valence-corrected chi connectivity index (χ3v) is 2.33. The fraction of sp³-hybridized carbons (Fsp3) is 0.368. The minimum atomic E-state index is 1.31. The highest BCUT2D eigenvalue weighted by molar-refractivity contribution is 5.81. The van der Waals surface area contributed by atoms with Gasteiger partial charge in [-0.05, 0) is 10.8 Å². The summed E-state index contributed by atoms with van der Waals surface area (Å²) < 4.78 is 4.31. The molecule has 0 aliphatic carbocycles. The van der Waals surface area contributed by atoms with Gasteiger partial charge in [-0.3, -0.25) is 0 Å². The van der Waals surface area contributed by atoms with Gasteiger partial charge >= 0.3 is 0 Å². The monoisotopic (exact) mass is 274 g/mol. The summed E-state index contributed by atoms with van der Waals surface area (Å²) in [6, 6.07) is 16.7. The lowest BCUT2D eigenvalue weighted by molar-refractivity contribution is 0.339. The van der Waals surface area contributed by atoms with Crippen LogP contribution in [0.4, 0.5) is 0 Å². The van der Waals surface area contributed by atoms with E-state index in [2.05, 4.69) is 73.7 Å². The van der Waals surface area contributed by atoms with Gasteiger partial charge in [0.1, 0.15) is 0 Å². The minimum Gasteiger partial charge on any atom is -0.505 e. The second-order valence-corrected chi connectivity index (χ2v) is 3.75. The van der Waals surface area contributed by atoms with Gasteiger partial charge in [0.25, 0.3) is 0 Å². The normalized spacial score (nSPS) is 7.85. The van der Waals surface area contributed by atoms with Crippen LogP contribution in [0, 0.1) is 0 Å². The van der Waals surface area contributed by atoms with Crippen LogP contribution in [0.15, 0.2) is 61.4 Å². The van der Waals surface area contributed by atoms with Gasteiger partial charge < -0.3 is 4.74 Å². The Balaban J connectivity index is 0. The lowest BCUT2D eigenvalue weighted by atomic mass is 10.1. The molecule has 0 aromatic heterocycles. The number of methoxy groups -OCH3 is 1. The molecule has 2 rings (SSSR count). The van der Waals surface area contributed by atoms with Gasteiger partial charge in [0.15, 0.2) is 0 Å². The van der Waals surface area contributed by atoms with E-state index in [4.69, 9.17) is 0 Å². The highest BCUT2D eigenvalue weighted by atomic mass is 16.5. The van der Waals surface area contributed by atoms with Crippen LogP contribution in [0.2, 0.25) is 0 Å². The van der Waals surface area contributed by atoms with Crippen LogP contribution >= 0.6 is 0 Å².